The van der Waals surface area contributed by atoms with Crippen LogP contribution >= 0.6 is 11.6 Å². The number of carbonyl (C=O) groups is 2. The Morgan fingerprint density at radius 2 is 1.86 bits per heavy atom. The Kier molecular flexibility index (Phi) is 8.52. The molecule has 0 radical (unpaired) electrons. The summed E-state index contributed by atoms with van der Waals surface area (Å²) in [5.74, 6) is 0.168. The molecule has 0 fully saturated rings. The minimum absolute atomic E-state index is 0.0385. The maximum atomic E-state index is 13.0. The van der Waals surface area contributed by atoms with Gasteiger partial charge in [-0.05, 0) is 62.6 Å². The Labute approximate surface area is 178 Å². The summed E-state index contributed by atoms with van der Waals surface area (Å²) in [6.07, 6.45) is 0.817. The van der Waals surface area contributed by atoms with Gasteiger partial charge in [0.1, 0.15) is 11.8 Å². The van der Waals surface area contributed by atoms with Gasteiger partial charge in [0, 0.05) is 17.6 Å². The van der Waals surface area contributed by atoms with Gasteiger partial charge in [0.15, 0.2) is 6.61 Å². The molecule has 0 saturated heterocycles. The number of nitrogens with zero attached hydrogens (tertiary/aromatic N) is 1. The minimum Gasteiger partial charge on any atom is -0.484 e. The minimum atomic E-state index is -0.642. The maximum Gasteiger partial charge on any atom is 0.261 e. The first-order chi connectivity index (χ1) is 13.8. The Morgan fingerprint density at radius 1 is 1.14 bits per heavy atom. The number of aryl methyl sites for hydroxylation is 1. The first-order valence-corrected chi connectivity index (χ1v) is 10.2. The molecule has 2 aromatic rings. The van der Waals surface area contributed by atoms with E-state index in [2.05, 4.69) is 5.32 Å². The molecule has 1 N–H and O–H groups in total. The number of rotatable bonds is 9. The van der Waals surface area contributed by atoms with Crippen molar-refractivity contribution in [1.29, 1.82) is 0 Å². The van der Waals surface area contributed by atoms with Gasteiger partial charge in [-0.15, -0.1) is 0 Å². The molecule has 0 unspecified atom stereocenters. The van der Waals surface area contributed by atoms with E-state index in [4.69, 9.17) is 16.3 Å². The summed E-state index contributed by atoms with van der Waals surface area (Å²) in [6, 6.07) is 14.2. The lowest BCUT2D eigenvalue weighted by molar-refractivity contribution is -0.142. The number of nitrogens with one attached hydrogen (secondary N) is 1. The Hall–Kier alpha value is -2.53. The fourth-order valence-corrected chi connectivity index (χ4v) is 3.03. The summed E-state index contributed by atoms with van der Waals surface area (Å²) in [6.45, 7) is 7.75. The van der Waals surface area contributed by atoms with Gasteiger partial charge in [0.2, 0.25) is 5.91 Å². The van der Waals surface area contributed by atoms with Crippen molar-refractivity contribution >= 4 is 23.4 Å². The summed E-state index contributed by atoms with van der Waals surface area (Å²) in [5.41, 5.74) is 1.90. The van der Waals surface area contributed by atoms with E-state index in [1.165, 1.54) is 4.90 Å². The molecule has 2 rings (SSSR count). The van der Waals surface area contributed by atoms with E-state index in [0.29, 0.717) is 10.8 Å². The molecular formula is C23H29ClN2O3. The fourth-order valence-electron chi connectivity index (χ4n) is 2.81. The summed E-state index contributed by atoms with van der Waals surface area (Å²) in [5, 5.41) is 3.53. The van der Waals surface area contributed by atoms with E-state index in [1.54, 1.807) is 25.1 Å². The highest BCUT2D eigenvalue weighted by Gasteiger charge is 2.27. The molecule has 2 aromatic carbocycles. The normalized spacial score (nSPS) is 12.7. The van der Waals surface area contributed by atoms with Crippen LogP contribution in [-0.2, 0) is 16.1 Å². The van der Waals surface area contributed by atoms with Crippen molar-refractivity contribution in [1.82, 2.24) is 10.2 Å². The van der Waals surface area contributed by atoms with Gasteiger partial charge in [-0.2, -0.15) is 0 Å². The third kappa shape index (κ3) is 7.09. The van der Waals surface area contributed by atoms with Crippen LogP contribution < -0.4 is 10.1 Å². The van der Waals surface area contributed by atoms with E-state index in [1.807, 2.05) is 51.1 Å². The third-order valence-electron chi connectivity index (χ3n) is 4.76. The number of ether oxygens (including phenoxy) is 1. The lowest BCUT2D eigenvalue weighted by atomic mass is 10.1. The van der Waals surface area contributed by atoms with Gasteiger partial charge in [-0.1, -0.05) is 42.8 Å². The van der Waals surface area contributed by atoms with E-state index >= 15 is 0 Å². The van der Waals surface area contributed by atoms with Crippen LogP contribution in [0.4, 0.5) is 0 Å². The van der Waals surface area contributed by atoms with E-state index in [9.17, 15) is 9.59 Å². The molecule has 0 bridgehead atoms. The molecule has 0 heterocycles. The second kappa shape index (κ2) is 10.9. The second-order valence-electron chi connectivity index (χ2n) is 7.25. The molecule has 2 amide bonds. The monoisotopic (exact) mass is 416 g/mol. The van der Waals surface area contributed by atoms with Crippen molar-refractivity contribution < 1.29 is 14.3 Å². The molecule has 5 nitrogen and oxygen atoms in total. The van der Waals surface area contributed by atoms with Crippen LogP contribution in [0.15, 0.2) is 48.5 Å². The van der Waals surface area contributed by atoms with Crippen LogP contribution in [-0.4, -0.2) is 35.4 Å². The van der Waals surface area contributed by atoms with Crippen molar-refractivity contribution in [2.75, 3.05) is 6.61 Å². The predicted octanol–water partition coefficient (Wildman–Crippen LogP) is 4.36. The highest BCUT2D eigenvalue weighted by molar-refractivity contribution is 6.30. The van der Waals surface area contributed by atoms with Gasteiger partial charge in [0.25, 0.3) is 5.91 Å². The molecule has 29 heavy (non-hydrogen) atoms. The molecule has 0 aliphatic rings. The van der Waals surface area contributed by atoms with Crippen molar-refractivity contribution in [2.24, 2.45) is 0 Å². The van der Waals surface area contributed by atoms with Crippen molar-refractivity contribution in [3.8, 4) is 5.75 Å². The van der Waals surface area contributed by atoms with E-state index < -0.39 is 6.04 Å². The van der Waals surface area contributed by atoms with Gasteiger partial charge in [-0.3, -0.25) is 9.59 Å². The quantitative estimate of drug-likeness (QED) is 0.660. The number of hydrogen-bond acceptors (Lipinski definition) is 3. The van der Waals surface area contributed by atoms with E-state index in [-0.39, 0.29) is 31.0 Å². The maximum absolute atomic E-state index is 13.0. The highest BCUT2D eigenvalue weighted by Crippen LogP contribution is 2.16. The molecule has 0 aromatic heterocycles. The lowest BCUT2D eigenvalue weighted by Crippen LogP contribution is -2.50. The molecule has 2 atom stereocenters. The molecule has 156 valence electrons. The lowest BCUT2D eigenvalue weighted by Gasteiger charge is -2.29. The van der Waals surface area contributed by atoms with Gasteiger partial charge >= 0.3 is 0 Å². The number of amides is 2. The molecule has 0 aliphatic heterocycles. The number of halogens is 1. The largest absolute Gasteiger partial charge is 0.484 e. The van der Waals surface area contributed by atoms with Gasteiger partial charge < -0.3 is 15.0 Å². The van der Waals surface area contributed by atoms with Crippen LogP contribution in [0.5, 0.6) is 5.75 Å². The summed E-state index contributed by atoms with van der Waals surface area (Å²) < 4.78 is 5.67. The van der Waals surface area contributed by atoms with Crippen LogP contribution in [0.25, 0.3) is 0 Å². The Morgan fingerprint density at radius 3 is 2.52 bits per heavy atom. The van der Waals surface area contributed by atoms with Gasteiger partial charge in [-0.25, -0.2) is 0 Å². The standard InChI is InChI=1S/C23H29ClN2O3/c1-5-17(3)25-23(28)18(4)26(14-19-9-7-10-20(24)13-19)22(27)15-29-21-11-6-8-16(2)12-21/h6-13,17-18H,5,14-15H2,1-4H3,(H,25,28)/t17-,18+/m1/s1. The Bertz CT molecular complexity index is 840. The predicted molar refractivity (Wildman–Crippen MR) is 116 cm³/mol. The summed E-state index contributed by atoms with van der Waals surface area (Å²) in [4.78, 5) is 27.2. The molecule has 0 saturated carbocycles. The van der Waals surface area contributed by atoms with Crippen LogP contribution in [0.2, 0.25) is 5.02 Å². The van der Waals surface area contributed by atoms with E-state index in [0.717, 1.165) is 17.5 Å². The smallest absolute Gasteiger partial charge is 0.261 e. The first kappa shape index (κ1) is 22.8. The number of benzene rings is 2. The summed E-state index contributed by atoms with van der Waals surface area (Å²) in [7, 11) is 0. The third-order valence-corrected chi connectivity index (χ3v) is 5.00. The average molecular weight is 417 g/mol. The van der Waals surface area contributed by atoms with Crippen LogP contribution in [0.3, 0.4) is 0 Å². The molecule has 0 aliphatic carbocycles. The van der Waals surface area contributed by atoms with Crippen molar-refractivity contribution in [2.45, 2.75) is 52.7 Å². The van der Waals surface area contributed by atoms with Crippen molar-refractivity contribution in [3.05, 3.63) is 64.7 Å². The summed E-state index contributed by atoms with van der Waals surface area (Å²) >= 11 is 6.09. The SMILES string of the molecule is CC[C@@H](C)NC(=O)[C@H](C)N(Cc1cccc(Cl)c1)C(=O)COc1cccc(C)c1. The number of carbonyl (C=O) groups excluding carboxylic acids is 2. The Balaban J connectivity index is 2.15. The van der Waals surface area contributed by atoms with Crippen LogP contribution in [0.1, 0.15) is 38.3 Å². The zero-order valence-electron chi connectivity index (χ0n) is 17.4. The van der Waals surface area contributed by atoms with Crippen molar-refractivity contribution in [3.63, 3.8) is 0 Å². The molecule has 6 heteroatoms. The highest BCUT2D eigenvalue weighted by atomic mass is 35.5. The topological polar surface area (TPSA) is 58.6 Å². The zero-order valence-corrected chi connectivity index (χ0v) is 18.2. The molecule has 0 spiro atoms. The van der Waals surface area contributed by atoms with Crippen LogP contribution in [0, 0.1) is 6.92 Å². The van der Waals surface area contributed by atoms with Gasteiger partial charge in [0.05, 0.1) is 0 Å². The fraction of sp³-hybridized carbons (Fsp3) is 0.391. The average Bonchev–Trinajstić information content (AvgIpc) is 2.69. The number of hydrogen-bond donors (Lipinski definition) is 1. The first-order valence-electron chi connectivity index (χ1n) is 9.84. The zero-order chi connectivity index (χ0) is 21.4. The molecular weight excluding hydrogens is 388 g/mol. The second-order valence-corrected chi connectivity index (χ2v) is 7.69.